The number of nitrogens with zero attached hydrogens (tertiary/aromatic N) is 2. The minimum absolute atomic E-state index is 0.121. The number of benzene rings is 1. The minimum atomic E-state index is -0.680. The van der Waals surface area contributed by atoms with Crippen LogP contribution in [0.2, 0.25) is 0 Å². The van der Waals surface area contributed by atoms with Gasteiger partial charge in [-0.05, 0) is 36.2 Å². The number of hydrogen-bond acceptors (Lipinski definition) is 5. The van der Waals surface area contributed by atoms with Crippen molar-refractivity contribution in [2.45, 2.75) is 12.3 Å². The number of anilines is 1. The van der Waals surface area contributed by atoms with Crippen molar-refractivity contribution in [1.29, 1.82) is 0 Å². The fraction of sp³-hybridized carbons (Fsp3) is 0.294. The molecular formula is C17H18N4O4. The van der Waals surface area contributed by atoms with E-state index in [0.29, 0.717) is 17.7 Å². The maximum absolute atomic E-state index is 12.1. The van der Waals surface area contributed by atoms with Crippen molar-refractivity contribution in [2.24, 2.45) is 18.7 Å². The highest BCUT2D eigenvalue weighted by Crippen LogP contribution is 2.47. The molecule has 0 bridgehead atoms. The number of esters is 1. The first-order valence-electron chi connectivity index (χ1n) is 7.79. The van der Waals surface area contributed by atoms with E-state index in [0.717, 1.165) is 5.56 Å². The summed E-state index contributed by atoms with van der Waals surface area (Å²) in [6, 6.07) is 5.51. The molecule has 1 aliphatic rings. The van der Waals surface area contributed by atoms with Gasteiger partial charge in [0.25, 0.3) is 0 Å². The number of amides is 2. The molecule has 2 atom stereocenters. The molecule has 1 aliphatic carbocycles. The quantitative estimate of drug-likeness (QED) is 0.608. The summed E-state index contributed by atoms with van der Waals surface area (Å²) in [5, 5.41) is 6.49. The molecule has 2 amide bonds. The van der Waals surface area contributed by atoms with Gasteiger partial charge in [-0.15, -0.1) is 0 Å². The predicted octanol–water partition coefficient (Wildman–Crippen LogP) is 1.44. The van der Waals surface area contributed by atoms with Crippen LogP contribution in [0, 0.1) is 5.92 Å². The number of rotatable bonds is 6. The van der Waals surface area contributed by atoms with Gasteiger partial charge in [0.2, 0.25) is 0 Å². The van der Waals surface area contributed by atoms with Crippen LogP contribution >= 0.6 is 0 Å². The summed E-state index contributed by atoms with van der Waals surface area (Å²) < 4.78 is 6.82. The van der Waals surface area contributed by atoms with Crippen molar-refractivity contribution in [2.75, 3.05) is 11.9 Å². The van der Waals surface area contributed by atoms with Crippen molar-refractivity contribution in [1.82, 2.24) is 9.78 Å². The summed E-state index contributed by atoms with van der Waals surface area (Å²) >= 11 is 0. The fourth-order valence-electron chi connectivity index (χ4n) is 2.66. The van der Waals surface area contributed by atoms with Crippen LogP contribution in [0.15, 0.2) is 36.7 Å². The van der Waals surface area contributed by atoms with Crippen LogP contribution < -0.4 is 11.1 Å². The van der Waals surface area contributed by atoms with Gasteiger partial charge in [-0.25, -0.2) is 4.79 Å². The van der Waals surface area contributed by atoms with E-state index in [1.54, 1.807) is 23.0 Å². The van der Waals surface area contributed by atoms with Crippen LogP contribution in [0.1, 0.15) is 28.3 Å². The normalized spacial score (nSPS) is 18.4. The molecule has 0 aliphatic heterocycles. The summed E-state index contributed by atoms with van der Waals surface area (Å²) in [6.45, 7) is -0.308. The zero-order valence-corrected chi connectivity index (χ0v) is 13.6. The Hall–Kier alpha value is -3.16. The average molecular weight is 342 g/mol. The first kappa shape index (κ1) is 16.7. The molecule has 3 N–H and O–H groups in total. The number of aromatic nitrogens is 2. The molecule has 8 heteroatoms. The first-order chi connectivity index (χ1) is 11.9. The van der Waals surface area contributed by atoms with Crippen molar-refractivity contribution >= 4 is 23.5 Å². The fourth-order valence-corrected chi connectivity index (χ4v) is 2.66. The molecule has 130 valence electrons. The molecule has 1 aromatic heterocycles. The van der Waals surface area contributed by atoms with E-state index in [1.807, 2.05) is 13.2 Å². The smallest absolute Gasteiger partial charge is 0.316 e. The molecule has 8 nitrogen and oxygen atoms in total. The van der Waals surface area contributed by atoms with E-state index in [1.165, 1.54) is 12.1 Å². The van der Waals surface area contributed by atoms with E-state index < -0.39 is 6.03 Å². The molecule has 0 unspecified atom stereocenters. The number of nitrogens with two attached hydrogens (primary N) is 1. The maximum Gasteiger partial charge on any atom is 0.316 e. The number of carbonyl (C=O) groups excluding carboxylic acids is 3. The SMILES string of the molecule is Cn1cc([C@@H]2C[C@H]2C(=O)OCC(=O)c2ccc(NC(N)=O)cc2)cn1. The number of ketones is 1. The van der Waals surface area contributed by atoms with Crippen molar-refractivity contribution in [3.63, 3.8) is 0 Å². The number of nitrogens with one attached hydrogen (secondary N) is 1. The lowest BCUT2D eigenvalue weighted by atomic mass is 10.1. The molecule has 0 radical (unpaired) electrons. The Balaban J connectivity index is 1.49. The third-order valence-corrected chi connectivity index (χ3v) is 4.07. The van der Waals surface area contributed by atoms with E-state index in [2.05, 4.69) is 10.4 Å². The molecule has 0 saturated heterocycles. The highest BCUT2D eigenvalue weighted by molar-refractivity contribution is 5.98. The number of carbonyl (C=O) groups is 3. The van der Waals surface area contributed by atoms with Crippen LogP contribution in [0.25, 0.3) is 0 Å². The Morgan fingerprint density at radius 2 is 2.04 bits per heavy atom. The molecule has 0 spiro atoms. The van der Waals surface area contributed by atoms with Gasteiger partial charge in [0.05, 0.1) is 12.1 Å². The molecule has 2 aromatic rings. The molecule has 1 fully saturated rings. The van der Waals surface area contributed by atoms with E-state index >= 15 is 0 Å². The summed E-state index contributed by atoms with van der Waals surface area (Å²) in [5.74, 6) is -0.763. The van der Waals surface area contributed by atoms with Crippen molar-refractivity contribution in [3.8, 4) is 0 Å². The third kappa shape index (κ3) is 4.03. The van der Waals surface area contributed by atoms with Gasteiger partial charge in [-0.3, -0.25) is 14.3 Å². The van der Waals surface area contributed by atoms with Crippen molar-refractivity contribution in [3.05, 3.63) is 47.8 Å². The lowest BCUT2D eigenvalue weighted by Crippen LogP contribution is -2.19. The highest BCUT2D eigenvalue weighted by atomic mass is 16.5. The molecule has 1 heterocycles. The average Bonchev–Trinajstić information content (AvgIpc) is 3.27. The molecule has 1 saturated carbocycles. The molecule has 25 heavy (non-hydrogen) atoms. The summed E-state index contributed by atoms with van der Waals surface area (Å²) in [6.07, 6.45) is 4.34. The Kier molecular flexibility index (Phi) is 4.51. The topological polar surface area (TPSA) is 116 Å². The van der Waals surface area contributed by atoms with Crippen LogP contribution in [0.4, 0.5) is 10.5 Å². The van der Waals surface area contributed by atoms with Gasteiger partial charge < -0.3 is 15.8 Å². The Labute approximate surface area is 143 Å². The van der Waals surface area contributed by atoms with Gasteiger partial charge in [0, 0.05) is 30.4 Å². The Bertz CT molecular complexity index is 812. The Morgan fingerprint density at radius 1 is 1.32 bits per heavy atom. The van der Waals surface area contributed by atoms with Crippen LogP contribution in [-0.2, 0) is 16.6 Å². The molecular weight excluding hydrogens is 324 g/mol. The first-order valence-corrected chi connectivity index (χ1v) is 7.79. The van der Waals surface area contributed by atoms with Gasteiger partial charge in [-0.1, -0.05) is 0 Å². The number of hydrogen-bond donors (Lipinski definition) is 2. The largest absolute Gasteiger partial charge is 0.457 e. The van der Waals surface area contributed by atoms with Gasteiger partial charge in [0.15, 0.2) is 12.4 Å². The zero-order valence-electron chi connectivity index (χ0n) is 13.6. The standard InChI is InChI=1S/C17H18N4O4/c1-21-8-11(7-19-21)13-6-14(13)16(23)25-9-15(22)10-2-4-12(5-3-10)20-17(18)24/h2-5,7-8,13-14H,6,9H2,1H3,(H3,18,20,24)/t13-,14+/m0/s1. The lowest BCUT2D eigenvalue weighted by molar-refractivity contribution is -0.144. The Morgan fingerprint density at radius 3 is 2.64 bits per heavy atom. The van der Waals surface area contributed by atoms with E-state index in [4.69, 9.17) is 10.5 Å². The summed E-state index contributed by atoms with van der Waals surface area (Å²) in [4.78, 5) is 34.9. The minimum Gasteiger partial charge on any atom is -0.457 e. The molecule has 1 aromatic carbocycles. The number of Topliss-reactive ketones (excluding diaryl/α,β-unsaturated/α-hetero) is 1. The van der Waals surface area contributed by atoms with Crippen LogP contribution in [0.3, 0.4) is 0 Å². The second kappa shape index (κ2) is 6.76. The number of aryl methyl sites for hydroxylation is 1. The third-order valence-electron chi connectivity index (χ3n) is 4.07. The highest BCUT2D eigenvalue weighted by Gasteiger charge is 2.46. The van der Waals surface area contributed by atoms with Crippen LogP contribution in [-0.4, -0.2) is 34.2 Å². The van der Waals surface area contributed by atoms with Crippen molar-refractivity contribution < 1.29 is 19.1 Å². The number of primary amides is 1. The van der Waals surface area contributed by atoms with Crippen LogP contribution in [0.5, 0.6) is 0 Å². The van der Waals surface area contributed by atoms with E-state index in [-0.39, 0.29) is 30.2 Å². The van der Waals surface area contributed by atoms with Gasteiger partial charge >= 0.3 is 12.0 Å². The lowest BCUT2D eigenvalue weighted by Gasteiger charge is -2.05. The second-order valence-electron chi connectivity index (χ2n) is 5.99. The maximum atomic E-state index is 12.1. The van der Waals surface area contributed by atoms with Gasteiger partial charge in [0.1, 0.15) is 0 Å². The summed E-state index contributed by atoms with van der Waals surface area (Å²) in [5.41, 5.74) is 6.90. The predicted molar refractivity (Wildman–Crippen MR) is 89.0 cm³/mol. The summed E-state index contributed by atoms with van der Waals surface area (Å²) in [7, 11) is 1.82. The molecule has 3 rings (SSSR count). The number of ether oxygens (including phenoxy) is 1. The van der Waals surface area contributed by atoms with Gasteiger partial charge in [-0.2, -0.15) is 5.10 Å². The zero-order chi connectivity index (χ0) is 18.0. The monoisotopic (exact) mass is 342 g/mol. The second-order valence-corrected chi connectivity index (χ2v) is 5.99. The van der Waals surface area contributed by atoms with E-state index in [9.17, 15) is 14.4 Å². The number of urea groups is 1.